The summed E-state index contributed by atoms with van der Waals surface area (Å²) in [6.45, 7) is 1.81. The maximum atomic E-state index is 13.6. The molecule has 0 bridgehead atoms. The minimum atomic E-state index is -4.57. The molecule has 168 valence electrons. The Morgan fingerprint density at radius 2 is 1.91 bits per heavy atom. The fourth-order valence-corrected chi connectivity index (χ4v) is 5.90. The van der Waals surface area contributed by atoms with Crippen molar-refractivity contribution >= 4 is 48.4 Å². The van der Waals surface area contributed by atoms with E-state index in [1.165, 1.54) is 36.6 Å². The molecule has 32 heavy (non-hydrogen) atoms. The highest BCUT2D eigenvalue weighted by Crippen LogP contribution is 2.34. The Morgan fingerprint density at radius 1 is 1.16 bits per heavy atom. The SMILES string of the molecule is COC(=O)CCc1cc2cc(C(F)(F)F)ccc2n1S(=O)(=O)c1ccc2sc(C)nc2c1. The van der Waals surface area contributed by atoms with Crippen molar-refractivity contribution in [3.8, 4) is 0 Å². The number of fused-ring (bicyclic) bond motifs is 2. The third-order valence-corrected chi connectivity index (χ3v) is 7.69. The summed E-state index contributed by atoms with van der Waals surface area (Å²) in [5, 5.41) is 0.883. The molecular weight excluding hydrogens is 465 g/mol. The minimum Gasteiger partial charge on any atom is -0.469 e. The van der Waals surface area contributed by atoms with Gasteiger partial charge in [-0.25, -0.2) is 17.4 Å². The van der Waals surface area contributed by atoms with E-state index in [2.05, 4.69) is 9.72 Å². The van der Waals surface area contributed by atoms with Crippen molar-refractivity contribution in [2.24, 2.45) is 0 Å². The van der Waals surface area contributed by atoms with Gasteiger partial charge in [-0.15, -0.1) is 11.3 Å². The summed E-state index contributed by atoms with van der Waals surface area (Å²) >= 11 is 1.42. The lowest BCUT2D eigenvalue weighted by atomic mass is 10.1. The number of thiazole rings is 1. The van der Waals surface area contributed by atoms with Gasteiger partial charge in [-0.05, 0) is 55.8 Å². The second kappa shape index (κ2) is 7.89. The van der Waals surface area contributed by atoms with Crippen molar-refractivity contribution in [2.75, 3.05) is 7.11 Å². The number of nitrogens with zero attached hydrogens (tertiary/aromatic N) is 2. The van der Waals surface area contributed by atoms with Crippen LogP contribution in [0.5, 0.6) is 0 Å². The molecule has 0 saturated heterocycles. The van der Waals surface area contributed by atoms with Gasteiger partial charge in [0.1, 0.15) is 0 Å². The highest BCUT2D eigenvalue weighted by atomic mass is 32.2. The quantitative estimate of drug-likeness (QED) is 0.377. The van der Waals surface area contributed by atoms with E-state index in [-0.39, 0.29) is 34.3 Å². The molecule has 4 aromatic rings. The molecule has 0 amide bonds. The molecule has 4 rings (SSSR count). The summed E-state index contributed by atoms with van der Waals surface area (Å²) in [4.78, 5) is 15.9. The summed E-state index contributed by atoms with van der Waals surface area (Å²) in [5.41, 5.74) is -0.106. The van der Waals surface area contributed by atoms with E-state index in [1.807, 2.05) is 0 Å². The van der Waals surface area contributed by atoms with Crippen LogP contribution in [0.1, 0.15) is 22.7 Å². The van der Waals surface area contributed by atoms with E-state index < -0.39 is 27.7 Å². The van der Waals surface area contributed by atoms with Gasteiger partial charge in [0.15, 0.2) is 0 Å². The molecule has 0 aliphatic heterocycles. The molecule has 2 heterocycles. The third-order valence-electron chi connectivity index (χ3n) is 4.97. The van der Waals surface area contributed by atoms with Crippen molar-refractivity contribution in [1.82, 2.24) is 8.96 Å². The molecule has 6 nitrogen and oxygen atoms in total. The Balaban J connectivity index is 1.91. The number of rotatable bonds is 5. The van der Waals surface area contributed by atoms with Gasteiger partial charge in [-0.1, -0.05) is 0 Å². The van der Waals surface area contributed by atoms with Crippen LogP contribution in [0.15, 0.2) is 47.4 Å². The molecule has 0 aliphatic carbocycles. The predicted octanol–water partition coefficient (Wildman–Crippen LogP) is 4.92. The maximum Gasteiger partial charge on any atom is 0.416 e. The number of benzene rings is 2. The van der Waals surface area contributed by atoms with Gasteiger partial charge in [-0.2, -0.15) is 13.2 Å². The zero-order valence-corrected chi connectivity index (χ0v) is 18.6. The van der Waals surface area contributed by atoms with Crippen LogP contribution in [-0.4, -0.2) is 30.5 Å². The highest BCUT2D eigenvalue weighted by Gasteiger charge is 2.32. The van der Waals surface area contributed by atoms with E-state index >= 15 is 0 Å². The predicted molar refractivity (Wildman–Crippen MR) is 114 cm³/mol. The number of halogens is 3. The molecule has 0 N–H and O–H groups in total. The monoisotopic (exact) mass is 482 g/mol. The first-order valence-corrected chi connectivity index (χ1v) is 11.7. The van der Waals surface area contributed by atoms with Crippen molar-refractivity contribution < 1.29 is 31.1 Å². The number of aryl methyl sites for hydroxylation is 2. The molecule has 0 saturated carbocycles. The summed E-state index contributed by atoms with van der Waals surface area (Å²) in [7, 11) is -2.99. The summed E-state index contributed by atoms with van der Waals surface area (Å²) < 4.78 is 73.1. The van der Waals surface area contributed by atoms with Gasteiger partial charge in [0.2, 0.25) is 0 Å². The van der Waals surface area contributed by atoms with Gasteiger partial charge in [0.25, 0.3) is 10.0 Å². The van der Waals surface area contributed by atoms with Crippen LogP contribution in [-0.2, 0) is 32.2 Å². The molecule has 0 fully saturated rings. The zero-order chi connectivity index (χ0) is 23.3. The number of esters is 1. The summed E-state index contributed by atoms with van der Waals surface area (Å²) in [5.74, 6) is -0.561. The fourth-order valence-electron chi connectivity index (χ4n) is 3.50. The molecule has 0 radical (unpaired) electrons. The van der Waals surface area contributed by atoms with Gasteiger partial charge in [0.05, 0.1) is 44.7 Å². The van der Waals surface area contributed by atoms with Crippen LogP contribution in [0.4, 0.5) is 13.2 Å². The van der Waals surface area contributed by atoms with Crippen molar-refractivity contribution in [3.05, 3.63) is 58.7 Å². The molecule has 11 heteroatoms. The first-order chi connectivity index (χ1) is 15.0. The number of ether oxygens (including phenoxy) is 1. The highest BCUT2D eigenvalue weighted by molar-refractivity contribution is 7.90. The van der Waals surface area contributed by atoms with E-state index in [4.69, 9.17) is 0 Å². The molecule has 2 aromatic heterocycles. The van der Waals surface area contributed by atoms with E-state index in [0.717, 1.165) is 31.9 Å². The Hall–Kier alpha value is -2.92. The zero-order valence-electron chi connectivity index (χ0n) is 16.9. The fraction of sp³-hybridized carbons (Fsp3) is 0.238. The number of aromatic nitrogens is 2. The Morgan fingerprint density at radius 3 is 2.59 bits per heavy atom. The smallest absolute Gasteiger partial charge is 0.416 e. The Labute approximate surface area is 185 Å². The van der Waals surface area contributed by atoms with Crippen LogP contribution in [0.25, 0.3) is 21.1 Å². The number of alkyl halides is 3. The Kier molecular flexibility index (Phi) is 5.49. The molecule has 0 unspecified atom stereocenters. The van der Waals surface area contributed by atoms with Gasteiger partial charge < -0.3 is 4.74 Å². The number of carbonyl (C=O) groups is 1. The summed E-state index contributed by atoms with van der Waals surface area (Å²) in [6.07, 6.45) is -4.73. The van der Waals surface area contributed by atoms with Crippen molar-refractivity contribution in [1.29, 1.82) is 0 Å². The number of hydrogen-bond donors (Lipinski definition) is 0. The van der Waals surface area contributed by atoms with Crippen LogP contribution in [0.3, 0.4) is 0 Å². The third kappa shape index (κ3) is 3.97. The second-order valence-corrected chi connectivity index (χ2v) is 10.1. The van der Waals surface area contributed by atoms with Crippen molar-refractivity contribution in [2.45, 2.75) is 30.8 Å². The van der Waals surface area contributed by atoms with Gasteiger partial charge >= 0.3 is 12.1 Å². The average molecular weight is 483 g/mol. The van der Waals surface area contributed by atoms with E-state index in [1.54, 1.807) is 13.0 Å². The number of methoxy groups -OCH3 is 1. The first-order valence-electron chi connectivity index (χ1n) is 9.42. The van der Waals surface area contributed by atoms with E-state index in [9.17, 15) is 26.4 Å². The topological polar surface area (TPSA) is 78.3 Å². The van der Waals surface area contributed by atoms with Crippen LogP contribution < -0.4 is 0 Å². The van der Waals surface area contributed by atoms with Crippen LogP contribution >= 0.6 is 11.3 Å². The average Bonchev–Trinajstić information content (AvgIpc) is 3.29. The Bertz CT molecular complexity index is 1450. The lowest BCUT2D eigenvalue weighted by molar-refractivity contribution is -0.140. The molecule has 0 atom stereocenters. The molecule has 0 spiro atoms. The maximum absolute atomic E-state index is 13.6. The van der Waals surface area contributed by atoms with Gasteiger partial charge in [-0.3, -0.25) is 4.79 Å². The number of carbonyl (C=O) groups excluding carboxylic acids is 1. The van der Waals surface area contributed by atoms with Crippen molar-refractivity contribution in [3.63, 3.8) is 0 Å². The summed E-state index contributed by atoms with van der Waals surface area (Å²) in [6, 6.07) is 8.75. The number of hydrogen-bond acceptors (Lipinski definition) is 6. The normalized spacial score (nSPS) is 12.5. The largest absolute Gasteiger partial charge is 0.469 e. The lowest BCUT2D eigenvalue weighted by Crippen LogP contribution is -2.16. The standard InChI is InChI=1S/C21H17F3N2O4S2/c1-12-25-17-11-16(5-7-19(17)31-12)32(28,29)26-15(4-8-20(27)30-2)10-13-9-14(21(22,23)24)3-6-18(13)26/h3,5-7,9-11H,4,8H2,1-2H3. The van der Waals surface area contributed by atoms with Gasteiger partial charge in [0, 0.05) is 11.1 Å². The minimum absolute atomic E-state index is 0.0278. The molecule has 0 aliphatic rings. The second-order valence-electron chi connectivity index (χ2n) is 7.12. The molecule has 2 aromatic carbocycles. The molecular formula is C21H17F3N2O4S2. The van der Waals surface area contributed by atoms with E-state index in [0.29, 0.717) is 5.52 Å². The van der Waals surface area contributed by atoms with Crippen LogP contribution in [0.2, 0.25) is 0 Å². The lowest BCUT2D eigenvalue weighted by Gasteiger charge is -2.12. The van der Waals surface area contributed by atoms with Crippen LogP contribution in [0, 0.1) is 6.92 Å². The first kappa shape index (κ1) is 22.3.